The number of aromatic nitrogens is 2. The number of hydrogen-bond acceptors (Lipinski definition) is 5. The van der Waals surface area contributed by atoms with Crippen LogP contribution in [0.25, 0.3) is 0 Å². The molecule has 1 N–H and O–H groups in total. The van der Waals surface area contributed by atoms with E-state index in [9.17, 15) is 4.79 Å². The highest BCUT2D eigenvalue weighted by Gasteiger charge is 2.24. The van der Waals surface area contributed by atoms with E-state index in [0.29, 0.717) is 26.3 Å². The van der Waals surface area contributed by atoms with Gasteiger partial charge in [-0.15, -0.1) is 0 Å². The quantitative estimate of drug-likeness (QED) is 0.895. The third kappa shape index (κ3) is 4.02. The average Bonchev–Trinajstić information content (AvgIpc) is 2.98. The van der Waals surface area contributed by atoms with E-state index in [0.717, 1.165) is 48.0 Å². The van der Waals surface area contributed by atoms with Crippen LogP contribution in [0.4, 0.5) is 5.69 Å². The number of rotatable bonds is 4. The van der Waals surface area contributed by atoms with Gasteiger partial charge in [-0.3, -0.25) is 9.48 Å². The molecule has 0 bridgehead atoms. The van der Waals surface area contributed by atoms with Crippen LogP contribution in [0.5, 0.6) is 11.5 Å². The molecule has 0 aliphatic carbocycles. The van der Waals surface area contributed by atoms with Crippen molar-refractivity contribution in [2.45, 2.75) is 39.3 Å². The molecule has 1 aromatic carbocycles. The van der Waals surface area contributed by atoms with Crippen molar-refractivity contribution in [2.75, 3.05) is 31.6 Å². The lowest BCUT2D eigenvalue weighted by Gasteiger charge is -2.34. The number of amides is 1. The normalized spacial score (nSPS) is 19.0. The predicted octanol–water partition coefficient (Wildman–Crippen LogP) is 2.37. The van der Waals surface area contributed by atoms with Crippen LogP contribution in [0, 0.1) is 13.8 Å². The summed E-state index contributed by atoms with van der Waals surface area (Å²) < 4.78 is 13.0. The summed E-state index contributed by atoms with van der Waals surface area (Å²) in [7, 11) is 0. The second-order valence-corrected chi connectivity index (χ2v) is 7.27. The van der Waals surface area contributed by atoms with Crippen LogP contribution in [0.1, 0.15) is 24.2 Å². The number of fused-ring (bicyclic) bond motifs is 1. The number of nitrogens with zero attached hydrogens (tertiary/aromatic N) is 3. The van der Waals surface area contributed by atoms with E-state index in [2.05, 4.69) is 10.4 Å². The van der Waals surface area contributed by atoms with Gasteiger partial charge in [-0.1, -0.05) is 0 Å². The zero-order valence-electron chi connectivity index (χ0n) is 15.9. The van der Waals surface area contributed by atoms with E-state index in [1.54, 1.807) is 4.68 Å². The van der Waals surface area contributed by atoms with E-state index < -0.39 is 0 Å². The van der Waals surface area contributed by atoms with Crippen LogP contribution in [0.15, 0.2) is 24.3 Å². The fraction of sp³-hybridized carbons (Fsp3) is 0.500. The molecule has 7 heteroatoms. The van der Waals surface area contributed by atoms with Crippen molar-refractivity contribution in [1.29, 1.82) is 0 Å². The molecule has 3 heterocycles. The lowest BCUT2D eigenvalue weighted by atomic mass is 10.0. The maximum atomic E-state index is 12.7. The van der Waals surface area contributed by atoms with Crippen molar-refractivity contribution in [3.8, 4) is 11.5 Å². The van der Waals surface area contributed by atoms with Gasteiger partial charge >= 0.3 is 0 Å². The largest absolute Gasteiger partial charge is 0.486 e. The van der Waals surface area contributed by atoms with Crippen LogP contribution in [0.3, 0.4) is 0 Å². The fourth-order valence-electron chi connectivity index (χ4n) is 3.75. The van der Waals surface area contributed by atoms with Crippen molar-refractivity contribution in [2.24, 2.45) is 0 Å². The van der Waals surface area contributed by atoms with Crippen LogP contribution >= 0.6 is 0 Å². The first-order valence-corrected chi connectivity index (χ1v) is 9.53. The molecule has 144 valence electrons. The number of hydrogen-bond donors (Lipinski definition) is 1. The molecule has 2 aliphatic heterocycles. The first-order valence-electron chi connectivity index (χ1n) is 9.53. The molecule has 1 amide bonds. The fourth-order valence-corrected chi connectivity index (χ4v) is 3.75. The summed E-state index contributed by atoms with van der Waals surface area (Å²) in [5.74, 6) is 1.69. The second kappa shape index (κ2) is 7.50. The van der Waals surface area contributed by atoms with Gasteiger partial charge in [-0.05, 0) is 44.9 Å². The first-order chi connectivity index (χ1) is 13.1. The molecule has 2 aliphatic rings. The molecule has 0 radical (unpaired) electrons. The Labute approximate surface area is 159 Å². The number of carbonyl (C=O) groups excluding carboxylic acids is 1. The second-order valence-electron chi connectivity index (χ2n) is 7.27. The van der Waals surface area contributed by atoms with E-state index in [4.69, 9.17) is 9.47 Å². The molecule has 1 saturated heterocycles. The molecule has 0 spiro atoms. The monoisotopic (exact) mass is 370 g/mol. The number of aryl methyl sites for hydroxylation is 2. The molecular formula is C20H26N4O3. The third-order valence-electron chi connectivity index (χ3n) is 5.08. The Morgan fingerprint density at radius 3 is 2.81 bits per heavy atom. The van der Waals surface area contributed by atoms with Gasteiger partial charge in [0.05, 0.1) is 5.69 Å². The minimum atomic E-state index is 0.120. The Morgan fingerprint density at radius 1 is 1.22 bits per heavy atom. The average molecular weight is 370 g/mol. The van der Waals surface area contributed by atoms with Crippen molar-refractivity contribution in [1.82, 2.24) is 14.7 Å². The van der Waals surface area contributed by atoms with Gasteiger partial charge in [0.15, 0.2) is 11.5 Å². The summed E-state index contributed by atoms with van der Waals surface area (Å²) in [5.41, 5.74) is 2.96. The zero-order chi connectivity index (χ0) is 18.8. The number of carbonyl (C=O) groups is 1. The van der Waals surface area contributed by atoms with Gasteiger partial charge in [0, 0.05) is 36.6 Å². The molecular weight excluding hydrogens is 344 g/mol. The van der Waals surface area contributed by atoms with Gasteiger partial charge < -0.3 is 19.7 Å². The number of likely N-dealkylation sites (tertiary alicyclic amines) is 1. The Morgan fingerprint density at radius 2 is 2.04 bits per heavy atom. The Balaban J connectivity index is 1.37. The predicted molar refractivity (Wildman–Crippen MR) is 102 cm³/mol. The Hall–Kier alpha value is -2.70. The highest BCUT2D eigenvalue weighted by atomic mass is 16.6. The van der Waals surface area contributed by atoms with Gasteiger partial charge in [0.1, 0.15) is 19.8 Å². The van der Waals surface area contributed by atoms with Crippen LogP contribution in [0.2, 0.25) is 0 Å². The van der Waals surface area contributed by atoms with E-state index in [1.165, 1.54) is 0 Å². The summed E-state index contributed by atoms with van der Waals surface area (Å²) >= 11 is 0. The van der Waals surface area contributed by atoms with Gasteiger partial charge in [-0.2, -0.15) is 5.10 Å². The Bertz CT molecular complexity index is 833. The van der Waals surface area contributed by atoms with Gasteiger partial charge in [0.25, 0.3) is 0 Å². The summed E-state index contributed by atoms with van der Waals surface area (Å²) in [6, 6.07) is 8.14. The Kier molecular flexibility index (Phi) is 4.92. The molecule has 1 atom stereocenters. The van der Waals surface area contributed by atoms with Crippen molar-refractivity contribution < 1.29 is 14.3 Å². The van der Waals surface area contributed by atoms with E-state index in [-0.39, 0.29) is 11.9 Å². The van der Waals surface area contributed by atoms with Crippen LogP contribution in [-0.2, 0) is 11.3 Å². The third-order valence-corrected chi connectivity index (χ3v) is 5.08. The molecule has 1 fully saturated rings. The standard InChI is InChI=1S/C20H26N4O3/c1-14-10-15(2)24(22-14)13-20(25)23-7-3-4-17(12-23)21-16-5-6-18-19(11-16)27-9-8-26-18/h5-6,10-11,17,21H,3-4,7-9,12-13H2,1-2H3/t17-/m0/s1. The lowest BCUT2D eigenvalue weighted by Crippen LogP contribution is -2.46. The summed E-state index contributed by atoms with van der Waals surface area (Å²) in [4.78, 5) is 14.7. The maximum Gasteiger partial charge on any atom is 0.244 e. The van der Waals surface area contributed by atoms with Gasteiger partial charge in [-0.25, -0.2) is 0 Å². The number of ether oxygens (including phenoxy) is 2. The van der Waals surface area contributed by atoms with Crippen molar-refractivity contribution >= 4 is 11.6 Å². The minimum absolute atomic E-state index is 0.120. The summed E-state index contributed by atoms with van der Waals surface area (Å²) in [6.45, 7) is 6.90. The number of benzene rings is 1. The number of anilines is 1. The first kappa shape index (κ1) is 17.7. The van der Waals surface area contributed by atoms with E-state index >= 15 is 0 Å². The van der Waals surface area contributed by atoms with Crippen LogP contribution < -0.4 is 14.8 Å². The van der Waals surface area contributed by atoms with E-state index in [1.807, 2.05) is 43.0 Å². The maximum absolute atomic E-state index is 12.7. The lowest BCUT2D eigenvalue weighted by molar-refractivity contribution is -0.133. The number of piperidine rings is 1. The van der Waals surface area contributed by atoms with Crippen molar-refractivity contribution in [3.05, 3.63) is 35.7 Å². The SMILES string of the molecule is Cc1cc(C)n(CC(=O)N2CCC[C@H](Nc3ccc4c(c3)OCCO4)C2)n1. The van der Waals surface area contributed by atoms with Crippen LogP contribution in [-0.4, -0.2) is 52.9 Å². The molecule has 0 saturated carbocycles. The summed E-state index contributed by atoms with van der Waals surface area (Å²) in [5, 5.41) is 7.94. The highest BCUT2D eigenvalue weighted by Crippen LogP contribution is 2.33. The molecule has 7 nitrogen and oxygen atoms in total. The smallest absolute Gasteiger partial charge is 0.244 e. The zero-order valence-corrected chi connectivity index (χ0v) is 15.9. The number of nitrogens with one attached hydrogen (secondary N) is 1. The van der Waals surface area contributed by atoms with Gasteiger partial charge in [0.2, 0.25) is 5.91 Å². The highest BCUT2D eigenvalue weighted by molar-refractivity contribution is 5.76. The molecule has 1 aromatic heterocycles. The molecule has 0 unspecified atom stereocenters. The topological polar surface area (TPSA) is 68.6 Å². The minimum Gasteiger partial charge on any atom is -0.486 e. The summed E-state index contributed by atoms with van der Waals surface area (Å²) in [6.07, 6.45) is 2.03. The van der Waals surface area contributed by atoms with Crippen molar-refractivity contribution in [3.63, 3.8) is 0 Å². The molecule has 4 rings (SSSR count). The molecule has 27 heavy (non-hydrogen) atoms. The molecule has 2 aromatic rings.